The van der Waals surface area contributed by atoms with Crippen LogP contribution < -0.4 is 30.1 Å². The highest BCUT2D eigenvalue weighted by molar-refractivity contribution is 6.31. The molecule has 0 amide bonds. The van der Waals surface area contributed by atoms with Crippen molar-refractivity contribution in [2.24, 2.45) is 0 Å². The number of rotatable bonds is 5. The van der Waals surface area contributed by atoms with Crippen molar-refractivity contribution in [1.29, 1.82) is 0 Å². The topological polar surface area (TPSA) is 38.1 Å². The minimum Gasteiger partial charge on any atom is -1.00 e. The third-order valence-corrected chi connectivity index (χ3v) is 3.90. The van der Waals surface area contributed by atoms with E-state index in [0.29, 0.717) is 6.54 Å². The quantitative estimate of drug-likeness (QED) is 0.589. The summed E-state index contributed by atoms with van der Waals surface area (Å²) in [5.41, 5.74) is 3.26. The molecule has 0 aliphatic rings. The molecule has 0 aliphatic heterocycles. The Morgan fingerprint density at radius 1 is 1.00 bits per heavy atom. The number of nitrogens with one attached hydrogen (secondary N) is 1. The molecular formula is C18H17Cl3N2O-2. The van der Waals surface area contributed by atoms with Crippen molar-refractivity contribution in [2.75, 3.05) is 0 Å². The van der Waals surface area contributed by atoms with Crippen molar-refractivity contribution >= 4 is 11.6 Å². The molecule has 3 nitrogen and oxygen atoms in total. The minimum absolute atomic E-state index is 0. The van der Waals surface area contributed by atoms with Gasteiger partial charge in [-0.2, -0.15) is 0 Å². The summed E-state index contributed by atoms with van der Waals surface area (Å²) >= 11 is 6.16. The normalized spacial score (nSPS) is 9.92. The van der Waals surface area contributed by atoms with Crippen LogP contribution in [-0.4, -0.2) is 4.98 Å². The summed E-state index contributed by atoms with van der Waals surface area (Å²) in [6, 6.07) is 13.9. The lowest BCUT2D eigenvalue weighted by molar-refractivity contribution is -0.00100. The average Bonchev–Trinajstić information content (AvgIpc) is 3.00. The molecule has 0 aliphatic carbocycles. The second-order valence-electron chi connectivity index (χ2n) is 5.19. The monoisotopic (exact) mass is 382 g/mol. The van der Waals surface area contributed by atoms with E-state index in [2.05, 4.69) is 10.3 Å². The molecule has 0 radical (unpaired) electrons. The van der Waals surface area contributed by atoms with Crippen molar-refractivity contribution in [3.05, 3.63) is 76.8 Å². The van der Waals surface area contributed by atoms with Crippen molar-refractivity contribution in [3.63, 3.8) is 0 Å². The van der Waals surface area contributed by atoms with E-state index in [1.807, 2.05) is 49.4 Å². The lowest BCUT2D eigenvalue weighted by atomic mass is 10.1. The Morgan fingerprint density at radius 2 is 1.75 bits per heavy atom. The summed E-state index contributed by atoms with van der Waals surface area (Å²) in [7, 11) is 0. The largest absolute Gasteiger partial charge is 1.00 e. The number of nitrogens with zero attached hydrogens (tertiary/aromatic N) is 1. The van der Waals surface area contributed by atoms with Crippen molar-refractivity contribution < 1.29 is 29.2 Å². The molecule has 24 heavy (non-hydrogen) atoms. The van der Waals surface area contributed by atoms with E-state index >= 15 is 0 Å². The first kappa shape index (κ1) is 20.5. The van der Waals surface area contributed by atoms with Gasteiger partial charge in [0.2, 0.25) is 0 Å². The Labute approximate surface area is 159 Å². The van der Waals surface area contributed by atoms with Gasteiger partial charge in [0.05, 0.1) is 6.54 Å². The maximum absolute atomic E-state index is 6.16. The minimum atomic E-state index is 0. The molecule has 1 aromatic carbocycles. The van der Waals surface area contributed by atoms with E-state index < -0.39 is 0 Å². The SMILES string of the molecule is Cc1ccc(-c2ccc(CNCc3ccncc3)o2)cc1Cl.[Cl-].[Cl-]. The summed E-state index contributed by atoms with van der Waals surface area (Å²) in [5, 5.41) is 4.11. The number of aryl methyl sites for hydroxylation is 1. The molecule has 3 rings (SSSR count). The first-order chi connectivity index (χ1) is 10.7. The van der Waals surface area contributed by atoms with E-state index in [0.717, 1.165) is 34.2 Å². The second kappa shape index (κ2) is 9.70. The second-order valence-corrected chi connectivity index (χ2v) is 5.60. The lowest BCUT2D eigenvalue weighted by Crippen LogP contribution is -3.00. The van der Waals surface area contributed by atoms with Gasteiger partial charge in [0.25, 0.3) is 0 Å². The molecule has 0 fully saturated rings. The summed E-state index contributed by atoms with van der Waals surface area (Å²) in [6.45, 7) is 3.46. The van der Waals surface area contributed by atoms with Crippen LogP contribution in [0, 0.1) is 6.92 Å². The Morgan fingerprint density at radius 3 is 2.46 bits per heavy atom. The van der Waals surface area contributed by atoms with Crippen LogP contribution >= 0.6 is 11.6 Å². The molecule has 2 heterocycles. The van der Waals surface area contributed by atoms with E-state index in [9.17, 15) is 0 Å². The Kier molecular flexibility index (Phi) is 8.29. The fourth-order valence-corrected chi connectivity index (χ4v) is 2.39. The smallest absolute Gasteiger partial charge is 0.134 e. The lowest BCUT2D eigenvalue weighted by Gasteiger charge is -2.03. The van der Waals surface area contributed by atoms with Crippen LogP contribution in [0.1, 0.15) is 16.9 Å². The fraction of sp³-hybridized carbons (Fsp3) is 0.167. The highest BCUT2D eigenvalue weighted by Crippen LogP contribution is 2.26. The fourth-order valence-electron chi connectivity index (χ4n) is 2.20. The van der Waals surface area contributed by atoms with E-state index in [1.165, 1.54) is 5.56 Å². The summed E-state index contributed by atoms with van der Waals surface area (Å²) in [6.07, 6.45) is 3.59. The first-order valence-electron chi connectivity index (χ1n) is 7.17. The third kappa shape index (κ3) is 5.25. The molecule has 0 saturated heterocycles. The standard InChI is InChI=1S/C18H17ClN2O.2ClH/c1-13-2-3-15(10-17(13)19)18-5-4-16(22-18)12-21-11-14-6-8-20-9-7-14;;/h2-10,21H,11-12H2,1H3;2*1H/p-2. The van der Waals surface area contributed by atoms with Crippen LogP contribution in [-0.2, 0) is 13.1 Å². The van der Waals surface area contributed by atoms with E-state index in [4.69, 9.17) is 16.0 Å². The highest BCUT2D eigenvalue weighted by Gasteiger charge is 2.06. The molecule has 128 valence electrons. The van der Waals surface area contributed by atoms with Gasteiger partial charge in [-0.1, -0.05) is 23.7 Å². The first-order valence-corrected chi connectivity index (χ1v) is 7.55. The van der Waals surface area contributed by atoms with Gasteiger partial charge in [0.15, 0.2) is 0 Å². The van der Waals surface area contributed by atoms with Crippen LogP contribution in [0.5, 0.6) is 0 Å². The molecule has 3 aromatic rings. The van der Waals surface area contributed by atoms with Gasteiger partial charge in [0.1, 0.15) is 11.5 Å². The molecule has 6 heteroatoms. The Hall–Kier alpha value is -1.52. The predicted molar refractivity (Wildman–Crippen MR) is 88.7 cm³/mol. The Bertz CT molecular complexity index is 760. The van der Waals surface area contributed by atoms with Gasteiger partial charge in [-0.3, -0.25) is 4.98 Å². The van der Waals surface area contributed by atoms with Gasteiger partial charge in [-0.25, -0.2) is 0 Å². The Balaban J connectivity index is 0.00000144. The van der Waals surface area contributed by atoms with E-state index in [1.54, 1.807) is 12.4 Å². The number of aromatic nitrogens is 1. The van der Waals surface area contributed by atoms with Gasteiger partial charge < -0.3 is 34.5 Å². The van der Waals surface area contributed by atoms with Gasteiger partial charge in [0, 0.05) is 29.5 Å². The van der Waals surface area contributed by atoms with Crippen LogP contribution in [0.3, 0.4) is 0 Å². The van der Waals surface area contributed by atoms with Crippen molar-refractivity contribution in [1.82, 2.24) is 10.3 Å². The number of benzene rings is 1. The number of halogens is 3. The summed E-state index contributed by atoms with van der Waals surface area (Å²) in [5.74, 6) is 1.74. The molecule has 1 N–H and O–H groups in total. The van der Waals surface area contributed by atoms with Gasteiger partial charge in [-0.15, -0.1) is 0 Å². The highest BCUT2D eigenvalue weighted by atomic mass is 35.5. The van der Waals surface area contributed by atoms with E-state index in [-0.39, 0.29) is 24.8 Å². The molecule has 2 aromatic heterocycles. The maximum atomic E-state index is 6.16. The molecule has 0 spiro atoms. The zero-order valence-corrected chi connectivity index (χ0v) is 15.4. The average molecular weight is 384 g/mol. The zero-order chi connectivity index (χ0) is 15.4. The summed E-state index contributed by atoms with van der Waals surface area (Å²) < 4.78 is 5.87. The zero-order valence-electron chi connectivity index (χ0n) is 13.1. The van der Waals surface area contributed by atoms with Crippen LogP contribution in [0.15, 0.2) is 59.3 Å². The molecule has 0 unspecified atom stereocenters. The number of pyridine rings is 1. The van der Waals surface area contributed by atoms with Crippen molar-refractivity contribution in [2.45, 2.75) is 20.0 Å². The number of furan rings is 1. The van der Waals surface area contributed by atoms with Crippen LogP contribution in [0.4, 0.5) is 0 Å². The molecule has 0 saturated carbocycles. The number of hydrogen-bond donors (Lipinski definition) is 1. The summed E-state index contributed by atoms with van der Waals surface area (Å²) in [4.78, 5) is 4.00. The third-order valence-electron chi connectivity index (χ3n) is 3.50. The molecule has 0 bridgehead atoms. The van der Waals surface area contributed by atoms with Gasteiger partial charge in [-0.05, 0) is 48.4 Å². The molecule has 0 atom stereocenters. The van der Waals surface area contributed by atoms with Crippen LogP contribution in [0.2, 0.25) is 5.02 Å². The number of hydrogen-bond acceptors (Lipinski definition) is 3. The van der Waals surface area contributed by atoms with Crippen LogP contribution in [0.25, 0.3) is 11.3 Å². The predicted octanol–water partition coefficient (Wildman–Crippen LogP) is -1.40. The molecular weight excluding hydrogens is 367 g/mol. The van der Waals surface area contributed by atoms with Crippen molar-refractivity contribution in [3.8, 4) is 11.3 Å². The maximum Gasteiger partial charge on any atom is 0.134 e. The van der Waals surface area contributed by atoms with Gasteiger partial charge >= 0.3 is 0 Å².